The first kappa shape index (κ1) is 13.5. The van der Waals surface area contributed by atoms with E-state index in [-0.39, 0.29) is 0 Å². The molecular weight excluding hydrogens is 258 g/mol. The fraction of sp³-hybridized carbons (Fsp3) is 0.133. The first-order chi connectivity index (χ1) is 9.08. The Balaban J connectivity index is 2.27. The Hall–Kier alpha value is -1.94. The van der Waals surface area contributed by atoms with E-state index in [9.17, 15) is 9.90 Å². The molecule has 3 N–H and O–H groups in total. The van der Waals surface area contributed by atoms with Gasteiger partial charge in [0.05, 0.1) is 0 Å². The van der Waals surface area contributed by atoms with Gasteiger partial charge in [0, 0.05) is 10.6 Å². The van der Waals surface area contributed by atoms with E-state index < -0.39 is 11.2 Å². The third-order valence-electron chi connectivity index (χ3n) is 2.82. The molecule has 0 aliphatic rings. The molecule has 0 saturated heterocycles. The summed E-state index contributed by atoms with van der Waals surface area (Å²) in [4.78, 5) is 12.3. The number of carboxylic acid groups (broad SMARTS) is 1. The normalized spacial score (nSPS) is 12.1. The molecule has 2 aromatic rings. The molecule has 1 unspecified atom stereocenters. The van der Waals surface area contributed by atoms with Crippen LogP contribution in [0.4, 0.5) is 5.69 Å². The van der Waals surface area contributed by atoms with Gasteiger partial charge < -0.3 is 10.8 Å². The monoisotopic (exact) mass is 273 g/mol. The Morgan fingerprint density at radius 3 is 2.47 bits per heavy atom. The standard InChI is InChI=1S/C15H15NO2S/c1-10-9-12(7-8-13(10)16)19-14(15(17)18)11-5-3-2-4-6-11/h2-9,14H,16H2,1H3,(H,17,18). The molecule has 98 valence electrons. The quantitative estimate of drug-likeness (QED) is 0.661. The molecule has 0 aromatic heterocycles. The predicted octanol–water partition coefficient (Wildman–Crippen LogP) is 3.50. The van der Waals surface area contributed by atoms with Crippen LogP contribution in [0.3, 0.4) is 0 Å². The number of hydrogen-bond donors (Lipinski definition) is 2. The van der Waals surface area contributed by atoms with Crippen LogP contribution in [0, 0.1) is 6.92 Å². The van der Waals surface area contributed by atoms with Crippen molar-refractivity contribution in [3.05, 3.63) is 59.7 Å². The maximum atomic E-state index is 11.4. The molecule has 4 heteroatoms. The molecular formula is C15H15NO2S. The van der Waals surface area contributed by atoms with Gasteiger partial charge in [-0.05, 0) is 36.2 Å². The van der Waals surface area contributed by atoms with Crippen LogP contribution in [0.1, 0.15) is 16.4 Å². The first-order valence-electron chi connectivity index (χ1n) is 5.88. The second-order valence-corrected chi connectivity index (χ2v) is 5.44. The number of carbonyl (C=O) groups is 1. The lowest BCUT2D eigenvalue weighted by atomic mass is 10.1. The summed E-state index contributed by atoms with van der Waals surface area (Å²) in [6, 6.07) is 14.8. The molecule has 19 heavy (non-hydrogen) atoms. The van der Waals surface area contributed by atoms with E-state index in [4.69, 9.17) is 5.73 Å². The summed E-state index contributed by atoms with van der Waals surface area (Å²) < 4.78 is 0. The minimum absolute atomic E-state index is 0.607. The van der Waals surface area contributed by atoms with Gasteiger partial charge >= 0.3 is 5.97 Å². The van der Waals surface area contributed by atoms with E-state index in [0.717, 1.165) is 21.7 Å². The largest absolute Gasteiger partial charge is 0.480 e. The van der Waals surface area contributed by atoms with Crippen molar-refractivity contribution < 1.29 is 9.90 Å². The summed E-state index contributed by atoms with van der Waals surface area (Å²) in [6.45, 7) is 1.91. The molecule has 0 heterocycles. The number of rotatable bonds is 4. The molecule has 0 saturated carbocycles. The summed E-state index contributed by atoms with van der Waals surface area (Å²) in [5.74, 6) is -0.842. The number of hydrogen-bond acceptors (Lipinski definition) is 3. The highest BCUT2D eigenvalue weighted by Gasteiger charge is 2.21. The van der Waals surface area contributed by atoms with Crippen LogP contribution in [-0.4, -0.2) is 11.1 Å². The van der Waals surface area contributed by atoms with Crippen molar-refractivity contribution in [1.29, 1.82) is 0 Å². The molecule has 3 nitrogen and oxygen atoms in total. The van der Waals surface area contributed by atoms with Gasteiger partial charge in [-0.2, -0.15) is 0 Å². The second kappa shape index (κ2) is 5.80. The number of carboxylic acids is 1. The van der Waals surface area contributed by atoms with Gasteiger partial charge in [-0.15, -0.1) is 11.8 Å². The van der Waals surface area contributed by atoms with Gasteiger partial charge in [-0.1, -0.05) is 30.3 Å². The number of thioether (sulfide) groups is 1. The van der Waals surface area contributed by atoms with Crippen molar-refractivity contribution in [2.75, 3.05) is 5.73 Å². The fourth-order valence-electron chi connectivity index (χ4n) is 1.75. The van der Waals surface area contributed by atoms with Crippen molar-refractivity contribution in [3.63, 3.8) is 0 Å². The summed E-state index contributed by atoms with van der Waals surface area (Å²) in [6.07, 6.45) is 0. The van der Waals surface area contributed by atoms with E-state index in [2.05, 4.69) is 0 Å². The number of nitrogens with two attached hydrogens (primary N) is 1. The van der Waals surface area contributed by atoms with Crippen molar-refractivity contribution in [2.24, 2.45) is 0 Å². The molecule has 0 spiro atoms. The minimum Gasteiger partial charge on any atom is -0.480 e. The summed E-state index contributed by atoms with van der Waals surface area (Å²) in [5.41, 5.74) is 8.23. The van der Waals surface area contributed by atoms with Crippen LogP contribution in [-0.2, 0) is 4.79 Å². The van der Waals surface area contributed by atoms with Gasteiger partial charge in [0.25, 0.3) is 0 Å². The van der Waals surface area contributed by atoms with Crippen LogP contribution in [0.2, 0.25) is 0 Å². The van der Waals surface area contributed by atoms with Gasteiger partial charge in [-0.3, -0.25) is 4.79 Å². The minimum atomic E-state index is -0.842. The van der Waals surface area contributed by atoms with Crippen LogP contribution >= 0.6 is 11.8 Å². The smallest absolute Gasteiger partial charge is 0.321 e. The van der Waals surface area contributed by atoms with Gasteiger partial charge in [0.1, 0.15) is 5.25 Å². The fourth-order valence-corrected chi connectivity index (χ4v) is 2.80. The third kappa shape index (κ3) is 3.29. The zero-order chi connectivity index (χ0) is 13.8. The molecule has 0 radical (unpaired) electrons. The third-order valence-corrected chi connectivity index (χ3v) is 4.06. The van der Waals surface area contributed by atoms with E-state index in [1.54, 1.807) is 0 Å². The number of nitrogen functional groups attached to an aromatic ring is 1. The van der Waals surface area contributed by atoms with Gasteiger partial charge in [0.15, 0.2) is 0 Å². The predicted molar refractivity (Wildman–Crippen MR) is 78.3 cm³/mol. The lowest BCUT2D eigenvalue weighted by molar-refractivity contribution is -0.136. The van der Waals surface area contributed by atoms with E-state index in [0.29, 0.717) is 0 Å². The maximum Gasteiger partial charge on any atom is 0.321 e. The lowest BCUT2D eigenvalue weighted by Gasteiger charge is -2.13. The summed E-state index contributed by atoms with van der Waals surface area (Å²) in [7, 11) is 0. The highest BCUT2D eigenvalue weighted by Crippen LogP contribution is 2.36. The molecule has 0 amide bonds. The molecule has 0 aliphatic carbocycles. The Morgan fingerprint density at radius 2 is 1.89 bits per heavy atom. The molecule has 0 fully saturated rings. The maximum absolute atomic E-state index is 11.4. The molecule has 1 atom stereocenters. The number of aliphatic carboxylic acids is 1. The van der Waals surface area contributed by atoms with Crippen LogP contribution < -0.4 is 5.73 Å². The van der Waals surface area contributed by atoms with E-state index in [1.165, 1.54) is 11.8 Å². The van der Waals surface area contributed by atoms with E-state index >= 15 is 0 Å². The zero-order valence-corrected chi connectivity index (χ0v) is 11.4. The lowest BCUT2D eigenvalue weighted by Crippen LogP contribution is -2.07. The number of aryl methyl sites for hydroxylation is 1. The Kier molecular flexibility index (Phi) is 4.12. The highest BCUT2D eigenvalue weighted by molar-refractivity contribution is 8.00. The molecule has 2 aromatic carbocycles. The van der Waals surface area contributed by atoms with Crippen molar-refractivity contribution in [1.82, 2.24) is 0 Å². The van der Waals surface area contributed by atoms with Crippen molar-refractivity contribution >= 4 is 23.4 Å². The summed E-state index contributed by atoms with van der Waals surface area (Å²) in [5, 5.41) is 8.76. The number of benzene rings is 2. The van der Waals surface area contributed by atoms with Crippen molar-refractivity contribution in [3.8, 4) is 0 Å². The van der Waals surface area contributed by atoms with Crippen molar-refractivity contribution in [2.45, 2.75) is 17.1 Å². The highest BCUT2D eigenvalue weighted by atomic mass is 32.2. The average molecular weight is 273 g/mol. The van der Waals surface area contributed by atoms with Gasteiger partial charge in [0.2, 0.25) is 0 Å². The molecule has 2 rings (SSSR count). The SMILES string of the molecule is Cc1cc(SC(C(=O)O)c2ccccc2)ccc1N. The van der Waals surface area contributed by atoms with E-state index in [1.807, 2.05) is 55.5 Å². The topological polar surface area (TPSA) is 63.3 Å². The Morgan fingerprint density at radius 1 is 1.21 bits per heavy atom. The first-order valence-corrected chi connectivity index (χ1v) is 6.76. The second-order valence-electron chi connectivity index (χ2n) is 4.27. The molecule has 0 bridgehead atoms. The van der Waals surface area contributed by atoms with Gasteiger partial charge in [-0.25, -0.2) is 0 Å². The van der Waals surface area contributed by atoms with Crippen LogP contribution in [0.5, 0.6) is 0 Å². The number of anilines is 1. The average Bonchev–Trinajstić information content (AvgIpc) is 2.40. The Bertz CT molecular complexity index is 584. The van der Waals surface area contributed by atoms with Crippen LogP contribution in [0.15, 0.2) is 53.4 Å². The summed E-state index contributed by atoms with van der Waals surface area (Å²) >= 11 is 1.32. The Labute approximate surface area is 116 Å². The zero-order valence-electron chi connectivity index (χ0n) is 10.5. The molecule has 0 aliphatic heterocycles. The van der Waals surface area contributed by atoms with Crippen LogP contribution in [0.25, 0.3) is 0 Å².